The lowest BCUT2D eigenvalue weighted by atomic mass is 9.68. The van der Waals surface area contributed by atoms with Crippen molar-refractivity contribution in [3.8, 4) is 0 Å². The van der Waals surface area contributed by atoms with E-state index in [4.69, 9.17) is 0 Å². The van der Waals surface area contributed by atoms with Crippen LogP contribution in [0.1, 0.15) is 28.3 Å². The predicted octanol–water partition coefficient (Wildman–Crippen LogP) is 5.13. The Morgan fingerprint density at radius 2 is 1.64 bits per heavy atom. The Labute approximate surface area is 211 Å². The molecular formula is C26H19F3N2O3S2. The number of fused-ring (bicyclic) bond motifs is 9. The van der Waals surface area contributed by atoms with Crippen molar-refractivity contribution in [1.82, 2.24) is 4.98 Å². The monoisotopic (exact) mass is 528 g/mol. The maximum atomic E-state index is 13.7. The van der Waals surface area contributed by atoms with Crippen LogP contribution in [0.3, 0.4) is 0 Å². The summed E-state index contributed by atoms with van der Waals surface area (Å²) in [5, 5.41) is 0.869. The fourth-order valence-electron chi connectivity index (χ4n) is 7.13. The van der Waals surface area contributed by atoms with Crippen molar-refractivity contribution in [2.75, 3.05) is 4.90 Å². The molecule has 0 radical (unpaired) electrons. The highest BCUT2D eigenvalue weighted by Gasteiger charge is 2.69. The summed E-state index contributed by atoms with van der Waals surface area (Å²) in [4.78, 5) is 44.3. The third-order valence-corrected chi connectivity index (χ3v) is 10.9. The molecule has 0 spiro atoms. The second-order valence-electron chi connectivity index (χ2n) is 9.93. The summed E-state index contributed by atoms with van der Waals surface area (Å²) in [5.74, 6) is -2.09. The molecule has 7 atom stereocenters. The number of nitrogens with one attached hydrogen (secondary N) is 1. The van der Waals surface area contributed by atoms with E-state index in [1.54, 1.807) is 11.8 Å². The van der Waals surface area contributed by atoms with Gasteiger partial charge in [-0.05, 0) is 47.9 Å². The average Bonchev–Trinajstić information content (AvgIpc) is 3.58. The van der Waals surface area contributed by atoms with Crippen molar-refractivity contribution in [2.45, 2.75) is 28.8 Å². The van der Waals surface area contributed by atoms with Crippen LogP contribution in [0.4, 0.5) is 18.9 Å². The van der Waals surface area contributed by atoms with E-state index in [1.165, 1.54) is 23.5 Å². The summed E-state index contributed by atoms with van der Waals surface area (Å²) in [5.41, 5.74) is 0.162. The molecule has 2 aliphatic carbocycles. The van der Waals surface area contributed by atoms with Gasteiger partial charge in [0.2, 0.25) is 11.8 Å². The van der Waals surface area contributed by atoms with E-state index in [0.717, 1.165) is 38.9 Å². The third-order valence-electron chi connectivity index (χ3n) is 8.31. The van der Waals surface area contributed by atoms with Gasteiger partial charge >= 0.3 is 11.0 Å². The van der Waals surface area contributed by atoms with Gasteiger partial charge in [-0.3, -0.25) is 19.3 Å². The summed E-state index contributed by atoms with van der Waals surface area (Å²) in [6.45, 7) is 0. The van der Waals surface area contributed by atoms with Crippen LogP contribution >= 0.6 is 23.1 Å². The van der Waals surface area contributed by atoms with Crippen LogP contribution in [0.15, 0.2) is 64.4 Å². The van der Waals surface area contributed by atoms with Crippen LogP contribution in [0.5, 0.6) is 0 Å². The number of hydrogen-bond donors (Lipinski definition) is 1. The van der Waals surface area contributed by atoms with Gasteiger partial charge < -0.3 is 4.98 Å². The summed E-state index contributed by atoms with van der Waals surface area (Å²) < 4.78 is 40.0. The quantitative estimate of drug-likeness (QED) is 0.468. The minimum absolute atomic E-state index is 0.0210. The Kier molecular flexibility index (Phi) is 4.71. The maximum absolute atomic E-state index is 13.7. The molecule has 3 aromatic rings. The molecule has 5 unspecified atom stereocenters. The van der Waals surface area contributed by atoms with Crippen LogP contribution in [0, 0.1) is 29.6 Å². The second-order valence-corrected chi connectivity index (χ2v) is 12.1. The molecule has 5 nitrogen and oxygen atoms in total. The van der Waals surface area contributed by atoms with Crippen molar-refractivity contribution in [3.63, 3.8) is 0 Å². The lowest BCUT2D eigenvalue weighted by molar-refractivity contribution is -0.137. The van der Waals surface area contributed by atoms with Gasteiger partial charge in [-0.2, -0.15) is 13.2 Å². The number of amides is 2. The molecule has 3 fully saturated rings. The summed E-state index contributed by atoms with van der Waals surface area (Å²) in [6, 6.07) is 14.4. The molecule has 10 heteroatoms. The Balaban J connectivity index is 1.30. The van der Waals surface area contributed by atoms with Crippen LogP contribution in [0.25, 0.3) is 0 Å². The average molecular weight is 529 g/mol. The van der Waals surface area contributed by atoms with Gasteiger partial charge in [0.05, 0.1) is 28.1 Å². The summed E-state index contributed by atoms with van der Waals surface area (Å²) >= 11 is 2.79. The highest BCUT2D eigenvalue weighted by molar-refractivity contribution is 8.00. The third kappa shape index (κ3) is 3.00. The number of nitrogens with zero attached hydrogens (tertiary/aromatic N) is 1. The first-order valence-electron chi connectivity index (χ1n) is 11.7. The van der Waals surface area contributed by atoms with Gasteiger partial charge in [0.25, 0.3) is 0 Å². The number of anilines is 1. The minimum atomic E-state index is -4.57. The molecule has 36 heavy (non-hydrogen) atoms. The van der Waals surface area contributed by atoms with E-state index in [-0.39, 0.29) is 39.5 Å². The first-order chi connectivity index (χ1) is 17.2. The Morgan fingerprint density at radius 3 is 2.36 bits per heavy atom. The molecule has 4 aliphatic rings. The number of halogens is 3. The molecule has 2 saturated carbocycles. The number of carbonyl (C=O) groups excluding carboxylic acids is 2. The van der Waals surface area contributed by atoms with E-state index >= 15 is 0 Å². The topological polar surface area (TPSA) is 70.2 Å². The zero-order chi connectivity index (χ0) is 24.9. The Bertz CT molecular complexity index is 1470. The van der Waals surface area contributed by atoms with Crippen molar-refractivity contribution < 1.29 is 22.8 Å². The first-order valence-corrected chi connectivity index (χ1v) is 13.4. The number of aromatic amines is 1. The van der Waals surface area contributed by atoms with Gasteiger partial charge in [0, 0.05) is 16.0 Å². The highest BCUT2D eigenvalue weighted by Crippen LogP contribution is 2.68. The van der Waals surface area contributed by atoms with Gasteiger partial charge in [-0.25, -0.2) is 0 Å². The first kappa shape index (κ1) is 22.4. The number of rotatable bonds is 2. The number of imide groups is 1. The van der Waals surface area contributed by atoms with E-state index in [2.05, 4.69) is 4.98 Å². The summed E-state index contributed by atoms with van der Waals surface area (Å²) in [7, 11) is 0. The maximum Gasteiger partial charge on any atom is 0.416 e. The summed E-state index contributed by atoms with van der Waals surface area (Å²) in [6.07, 6.45) is -3.84. The number of benzene rings is 2. The van der Waals surface area contributed by atoms with Crippen molar-refractivity contribution in [2.24, 2.45) is 29.6 Å². The number of H-pyrrole nitrogens is 1. The van der Waals surface area contributed by atoms with E-state index in [9.17, 15) is 27.6 Å². The molecule has 2 aliphatic heterocycles. The van der Waals surface area contributed by atoms with Gasteiger partial charge in [-0.15, -0.1) is 11.8 Å². The smallest absolute Gasteiger partial charge is 0.307 e. The van der Waals surface area contributed by atoms with Gasteiger partial charge in [0.15, 0.2) is 0 Å². The number of aromatic nitrogens is 1. The van der Waals surface area contributed by atoms with Gasteiger partial charge in [0.1, 0.15) is 0 Å². The molecule has 1 saturated heterocycles. The zero-order valence-electron chi connectivity index (χ0n) is 18.6. The molecule has 1 aromatic heterocycles. The normalized spacial score (nSPS) is 32.5. The van der Waals surface area contributed by atoms with Crippen molar-refractivity contribution >= 4 is 40.6 Å². The van der Waals surface area contributed by atoms with Gasteiger partial charge in [-0.1, -0.05) is 47.7 Å². The van der Waals surface area contributed by atoms with Crippen molar-refractivity contribution in [3.05, 3.63) is 80.3 Å². The number of alkyl halides is 3. The van der Waals surface area contributed by atoms with Crippen LogP contribution in [-0.4, -0.2) is 22.0 Å². The lowest BCUT2D eigenvalue weighted by Gasteiger charge is -2.43. The Hall–Kier alpha value is -2.85. The second kappa shape index (κ2) is 7.58. The van der Waals surface area contributed by atoms with Crippen LogP contribution < -0.4 is 9.77 Å². The highest BCUT2D eigenvalue weighted by atomic mass is 32.2. The largest absolute Gasteiger partial charge is 0.416 e. The number of carbonyl (C=O) groups is 2. The molecule has 184 valence electrons. The number of thioether (sulfide) groups is 1. The number of hydrogen-bond acceptors (Lipinski definition) is 5. The molecule has 1 N–H and O–H groups in total. The molecule has 2 amide bonds. The van der Waals surface area contributed by atoms with Crippen LogP contribution in [0.2, 0.25) is 0 Å². The number of thiazole rings is 1. The SMILES string of the molecule is O=C1C2C(C(=O)N1c1cccc(C(F)(F)F)c1)[C@@H]1C[C@H]2C2Sc3[nH]c(=O)sc3C(c3ccccc3)C21. The predicted molar refractivity (Wildman–Crippen MR) is 129 cm³/mol. The molecule has 7 rings (SSSR count). The van der Waals surface area contributed by atoms with Crippen molar-refractivity contribution in [1.29, 1.82) is 0 Å². The molecule has 2 aromatic carbocycles. The lowest BCUT2D eigenvalue weighted by Crippen LogP contribution is -2.42. The Morgan fingerprint density at radius 1 is 0.917 bits per heavy atom. The minimum Gasteiger partial charge on any atom is -0.307 e. The molecule has 3 heterocycles. The zero-order valence-corrected chi connectivity index (χ0v) is 20.2. The van der Waals surface area contributed by atoms with E-state index < -0.39 is 35.4 Å². The molecular weight excluding hydrogens is 509 g/mol. The fourth-order valence-corrected chi connectivity index (χ4v) is 10.0. The molecule has 2 bridgehead atoms. The van der Waals surface area contributed by atoms with E-state index in [1.807, 2.05) is 30.3 Å². The van der Waals surface area contributed by atoms with Crippen LogP contribution in [-0.2, 0) is 15.8 Å². The fraction of sp³-hybridized carbons (Fsp3) is 0.346. The van der Waals surface area contributed by atoms with E-state index in [0.29, 0.717) is 0 Å². The standard InChI is InChI=1S/C26H19F3N2O3S2/c27-26(28,29)12-7-4-8-13(9-12)31-23(32)18-14-10-15(19(18)24(31)33)20-17(14)16(11-5-2-1-3-6-11)21-22(35-20)30-25(34)36-21/h1-9,14-20H,10H2,(H,30,34)/t14-,15-,16?,17?,18?,19?,20?/m1/s1.